The molecule has 0 amide bonds. The minimum atomic E-state index is 0.909. The molecule has 1 unspecified atom stereocenters. The van der Waals surface area contributed by atoms with Gasteiger partial charge in [0.15, 0.2) is 0 Å². The van der Waals surface area contributed by atoms with Crippen LogP contribution in [0, 0.1) is 0 Å². The maximum Gasteiger partial charge on any atom is 0.0256 e. The molecule has 0 aromatic carbocycles. The fraction of sp³-hybridized carbons (Fsp3) is 1.00. The van der Waals surface area contributed by atoms with Crippen LogP contribution in [0.1, 0.15) is 13.3 Å². The summed E-state index contributed by atoms with van der Waals surface area (Å²) in [5.74, 6) is 1.33. The summed E-state index contributed by atoms with van der Waals surface area (Å²) in [6.07, 6.45) is 1.32. The lowest BCUT2D eigenvalue weighted by molar-refractivity contribution is 0.924. The average molecular weight is 184 g/mol. The summed E-state index contributed by atoms with van der Waals surface area (Å²) in [5.41, 5.74) is 0. The Kier molecular flexibility index (Phi) is 3.99. The summed E-state index contributed by atoms with van der Waals surface area (Å²) in [4.78, 5) is 0. The van der Waals surface area contributed by atoms with Gasteiger partial charge in [-0.3, -0.25) is 0 Å². The van der Waals surface area contributed by atoms with Crippen molar-refractivity contribution in [2.45, 2.75) is 18.6 Å². The van der Waals surface area contributed by atoms with Crippen LogP contribution in [0.4, 0.5) is 0 Å². The number of rotatable bonds is 1. The standard InChI is InChI=1S/C4H8S4/c1-2-4-3-5-7-8-6-4/h4H,2-3H2,1H3. The fourth-order valence-electron chi connectivity index (χ4n) is 0.409. The molecule has 1 heterocycles. The Hall–Kier alpha value is 1.40. The van der Waals surface area contributed by atoms with Gasteiger partial charge in [0.2, 0.25) is 0 Å². The molecule has 0 aromatic heterocycles. The van der Waals surface area contributed by atoms with Gasteiger partial charge in [-0.05, 0) is 26.1 Å². The van der Waals surface area contributed by atoms with Crippen molar-refractivity contribution >= 4 is 41.2 Å². The van der Waals surface area contributed by atoms with Crippen LogP contribution >= 0.6 is 41.2 Å². The molecule has 1 rings (SSSR count). The fourth-order valence-corrected chi connectivity index (χ4v) is 8.04. The molecular weight excluding hydrogens is 176 g/mol. The van der Waals surface area contributed by atoms with Crippen LogP contribution in [0.25, 0.3) is 0 Å². The molecule has 1 aliphatic heterocycles. The zero-order valence-corrected chi connectivity index (χ0v) is 7.89. The van der Waals surface area contributed by atoms with E-state index >= 15 is 0 Å². The van der Waals surface area contributed by atoms with Crippen LogP contribution in [-0.4, -0.2) is 11.0 Å². The summed E-state index contributed by atoms with van der Waals surface area (Å²) in [6, 6.07) is 0. The van der Waals surface area contributed by atoms with E-state index in [9.17, 15) is 0 Å². The topological polar surface area (TPSA) is 0 Å². The van der Waals surface area contributed by atoms with Crippen molar-refractivity contribution in [3.8, 4) is 0 Å². The van der Waals surface area contributed by atoms with Crippen LogP contribution in [0.5, 0.6) is 0 Å². The van der Waals surface area contributed by atoms with E-state index < -0.39 is 0 Å². The Balaban J connectivity index is 2.13. The van der Waals surface area contributed by atoms with Crippen molar-refractivity contribution in [1.82, 2.24) is 0 Å². The SMILES string of the molecule is CCC1CSSSS1. The van der Waals surface area contributed by atoms with Gasteiger partial charge in [0, 0.05) is 11.0 Å². The highest BCUT2D eigenvalue weighted by Gasteiger charge is 2.12. The third-order valence-electron chi connectivity index (χ3n) is 0.961. The largest absolute Gasteiger partial charge is 0.0805 e. The van der Waals surface area contributed by atoms with E-state index in [1.54, 1.807) is 0 Å². The molecule has 1 fully saturated rings. The minimum Gasteiger partial charge on any atom is -0.0805 e. The first-order valence-corrected chi connectivity index (χ1v) is 7.60. The molecule has 1 atom stereocenters. The first kappa shape index (κ1) is 7.51. The Morgan fingerprint density at radius 3 is 2.75 bits per heavy atom. The summed E-state index contributed by atoms with van der Waals surface area (Å²) in [7, 11) is 7.84. The van der Waals surface area contributed by atoms with Gasteiger partial charge in [-0.2, -0.15) is 0 Å². The van der Waals surface area contributed by atoms with Gasteiger partial charge < -0.3 is 0 Å². The molecule has 8 heavy (non-hydrogen) atoms. The van der Waals surface area contributed by atoms with E-state index in [-0.39, 0.29) is 0 Å². The third-order valence-corrected chi connectivity index (χ3v) is 8.20. The lowest BCUT2D eigenvalue weighted by Crippen LogP contribution is -2.02. The average Bonchev–Trinajstić information content (AvgIpc) is 1.90. The Morgan fingerprint density at radius 1 is 1.50 bits per heavy atom. The Bertz CT molecular complexity index is 59.1. The summed E-state index contributed by atoms with van der Waals surface area (Å²) in [5, 5.41) is 0.909. The first-order valence-electron chi connectivity index (χ1n) is 2.55. The van der Waals surface area contributed by atoms with Gasteiger partial charge in [0.25, 0.3) is 0 Å². The molecule has 0 saturated carbocycles. The summed E-state index contributed by atoms with van der Waals surface area (Å²) < 4.78 is 0. The van der Waals surface area contributed by atoms with E-state index in [4.69, 9.17) is 0 Å². The van der Waals surface area contributed by atoms with E-state index in [0.29, 0.717) is 0 Å². The molecular formula is C4H8S4. The highest BCUT2D eigenvalue weighted by molar-refractivity contribution is 9.26. The highest BCUT2D eigenvalue weighted by Crippen LogP contribution is 2.51. The molecule has 0 aromatic rings. The van der Waals surface area contributed by atoms with Crippen molar-refractivity contribution in [2.24, 2.45) is 0 Å². The molecule has 0 N–H and O–H groups in total. The van der Waals surface area contributed by atoms with Gasteiger partial charge in [0.05, 0.1) is 0 Å². The smallest absolute Gasteiger partial charge is 0.0256 e. The molecule has 0 radical (unpaired) electrons. The molecule has 0 spiro atoms. The number of hydrogen-bond donors (Lipinski definition) is 0. The quantitative estimate of drug-likeness (QED) is 0.572. The highest BCUT2D eigenvalue weighted by atomic mass is 33.7. The van der Waals surface area contributed by atoms with Gasteiger partial charge in [0.1, 0.15) is 0 Å². The predicted molar refractivity (Wildman–Crippen MR) is 49.3 cm³/mol. The third kappa shape index (κ3) is 2.33. The monoisotopic (exact) mass is 184 g/mol. The van der Waals surface area contributed by atoms with Crippen molar-refractivity contribution in [3.63, 3.8) is 0 Å². The second-order valence-corrected chi connectivity index (χ2v) is 7.80. The lowest BCUT2D eigenvalue weighted by atomic mass is 10.4. The zero-order valence-electron chi connectivity index (χ0n) is 4.62. The second kappa shape index (κ2) is 4.25. The van der Waals surface area contributed by atoms with Crippen LogP contribution in [0.3, 0.4) is 0 Å². The number of hydrogen-bond acceptors (Lipinski definition) is 4. The molecule has 0 aliphatic carbocycles. The molecule has 0 bridgehead atoms. The first-order chi connectivity index (χ1) is 3.93. The molecule has 1 saturated heterocycles. The molecule has 4 heteroatoms. The Morgan fingerprint density at radius 2 is 2.38 bits per heavy atom. The molecule has 0 nitrogen and oxygen atoms in total. The van der Waals surface area contributed by atoms with E-state index in [2.05, 4.69) is 6.92 Å². The van der Waals surface area contributed by atoms with Crippen LogP contribution < -0.4 is 0 Å². The van der Waals surface area contributed by atoms with Crippen molar-refractivity contribution in [2.75, 3.05) is 5.75 Å². The van der Waals surface area contributed by atoms with E-state index in [1.165, 1.54) is 12.2 Å². The van der Waals surface area contributed by atoms with Gasteiger partial charge >= 0.3 is 0 Å². The molecule has 48 valence electrons. The van der Waals surface area contributed by atoms with Crippen molar-refractivity contribution in [3.05, 3.63) is 0 Å². The van der Waals surface area contributed by atoms with Gasteiger partial charge in [-0.25, -0.2) is 0 Å². The minimum absolute atomic E-state index is 0.909. The Labute approximate surface area is 65.5 Å². The van der Waals surface area contributed by atoms with Crippen LogP contribution in [0.15, 0.2) is 0 Å². The van der Waals surface area contributed by atoms with Gasteiger partial charge in [-0.15, -0.1) is 0 Å². The second-order valence-electron chi connectivity index (χ2n) is 1.55. The van der Waals surface area contributed by atoms with Crippen LogP contribution in [-0.2, 0) is 0 Å². The van der Waals surface area contributed by atoms with Crippen molar-refractivity contribution in [1.29, 1.82) is 0 Å². The summed E-state index contributed by atoms with van der Waals surface area (Å²) >= 11 is 0. The zero-order chi connectivity index (χ0) is 5.82. The summed E-state index contributed by atoms with van der Waals surface area (Å²) in [6.45, 7) is 2.26. The van der Waals surface area contributed by atoms with E-state index in [1.807, 2.05) is 41.2 Å². The molecule has 1 aliphatic rings. The van der Waals surface area contributed by atoms with Crippen molar-refractivity contribution < 1.29 is 0 Å². The normalized spacial score (nSPS) is 30.4. The maximum absolute atomic E-state index is 2.26. The van der Waals surface area contributed by atoms with Crippen LogP contribution in [0.2, 0.25) is 0 Å². The predicted octanol–water partition coefficient (Wildman–Crippen LogP) is 3.46. The van der Waals surface area contributed by atoms with E-state index in [0.717, 1.165) is 5.25 Å². The van der Waals surface area contributed by atoms with Gasteiger partial charge in [-0.1, -0.05) is 28.5 Å². The maximum atomic E-state index is 2.26. The lowest BCUT2D eigenvalue weighted by Gasteiger charge is -2.15.